The van der Waals surface area contributed by atoms with E-state index in [2.05, 4.69) is 5.32 Å². The predicted molar refractivity (Wildman–Crippen MR) is 72.0 cm³/mol. The van der Waals surface area contributed by atoms with Crippen molar-refractivity contribution in [2.24, 2.45) is 0 Å². The van der Waals surface area contributed by atoms with E-state index < -0.39 is 33.9 Å². The molecule has 1 aromatic rings. The fraction of sp³-hybridized carbons (Fsp3) is 0.333. The maximum atomic E-state index is 13.7. The van der Waals surface area contributed by atoms with Crippen molar-refractivity contribution in [3.8, 4) is 0 Å². The van der Waals surface area contributed by atoms with Gasteiger partial charge >= 0.3 is 5.97 Å². The molecular weight excluding hydrogens is 285 g/mol. The monoisotopic (exact) mass is 299 g/mol. The molecule has 114 valence electrons. The summed E-state index contributed by atoms with van der Waals surface area (Å²) in [5.41, 5.74) is -1.51. The predicted octanol–water partition coefficient (Wildman–Crippen LogP) is 1.00. The molecule has 0 aliphatic carbocycles. The first kappa shape index (κ1) is 16.3. The van der Waals surface area contributed by atoms with Crippen LogP contribution < -0.4 is 10.2 Å². The van der Waals surface area contributed by atoms with Crippen molar-refractivity contribution in [1.29, 1.82) is 0 Å². The Hall–Kier alpha value is -2.71. The highest BCUT2D eigenvalue weighted by molar-refractivity contribution is 5.91. The Morgan fingerprint density at radius 1 is 1.48 bits per heavy atom. The molecule has 0 heterocycles. The lowest BCUT2D eigenvalue weighted by Gasteiger charge is -2.22. The van der Waals surface area contributed by atoms with Gasteiger partial charge in [-0.1, -0.05) is 0 Å². The second-order valence-corrected chi connectivity index (χ2v) is 4.07. The number of nitro benzene ring substituents is 1. The SMILES string of the molecule is CCN(CC(=O)NC)c1cc(F)c(C(=O)O)cc1[N+](=O)[O-]. The van der Waals surface area contributed by atoms with Gasteiger partial charge in [-0.15, -0.1) is 0 Å². The molecule has 0 aliphatic heterocycles. The van der Waals surface area contributed by atoms with Crippen LogP contribution in [0.4, 0.5) is 15.8 Å². The summed E-state index contributed by atoms with van der Waals surface area (Å²) >= 11 is 0. The van der Waals surface area contributed by atoms with E-state index in [0.29, 0.717) is 6.07 Å². The molecule has 8 nitrogen and oxygen atoms in total. The molecule has 1 rings (SSSR count). The Kier molecular flexibility index (Phi) is 5.17. The van der Waals surface area contributed by atoms with Gasteiger partial charge in [0, 0.05) is 25.7 Å². The normalized spacial score (nSPS) is 10.0. The lowest BCUT2D eigenvalue weighted by atomic mass is 10.1. The third-order valence-corrected chi connectivity index (χ3v) is 2.83. The Morgan fingerprint density at radius 3 is 2.52 bits per heavy atom. The molecule has 9 heteroatoms. The van der Waals surface area contributed by atoms with Gasteiger partial charge in [0.1, 0.15) is 17.1 Å². The van der Waals surface area contributed by atoms with Crippen LogP contribution in [-0.4, -0.2) is 42.0 Å². The van der Waals surface area contributed by atoms with Gasteiger partial charge in [-0.2, -0.15) is 0 Å². The summed E-state index contributed by atoms with van der Waals surface area (Å²) in [6.45, 7) is 1.63. The molecule has 0 saturated heterocycles. The van der Waals surface area contributed by atoms with Gasteiger partial charge in [-0.05, 0) is 6.92 Å². The largest absolute Gasteiger partial charge is 0.478 e. The van der Waals surface area contributed by atoms with E-state index in [1.165, 1.54) is 11.9 Å². The topological polar surface area (TPSA) is 113 Å². The zero-order valence-electron chi connectivity index (χ0n) is 11.4. The third kappa shape index (κ3) is 3.65. The third-order valence-electron chi connectivity index (χ3n) is 2.83. The van der Waals surface area contributed by atoms with E-state index in [1.54, 1.807) is 6.92 Å². The van der Waals surface area contributed by atoms with Gasteiger partial charge in [-0.25, -0.2) is 9.18 Å². The fourth-order valence-electron chi connectivity index (χ4n) is 1.73. The molecule has 21 heavy (non-hydrogen) atoms. The number of hydrogen-bond acceptors (Lipinski definition) is 5. The Balaban J connectivity index is 3.38. The summed E-state index contributed by atoms with van der Waals surface area (Å²) in [7, 11) is 1.40. The number of carboxylic acids is 1. The number of benzene rings is 1. The Bertz CT molecular complexity index is 591. The first-order valence-corrected chi connectivity index (χ1v) is 5.98. The van der Waals surface area contributed by atoms with Crippen LogP contribution in [-0.2, 0) is 4.79 Å². The molecule has 0 radical (unpaired) electrons. The van der Waals surface area contributed by atoms with E-state index >= 15 is 0 Å². The van der Waals surface area contributed by atoms with E-state index in [9.17, 15) is 24.1 Å². The number of likely N-dealkylation sites (N-methyl/N-ethyl adjacent to an activating group) is 2. The minimum Gasteiger partial charge on any atom is -0.478 e. The van der Waals surface area contributed by atoms with E-state index in [0.717, 1.165) is 6.07 Å². The van der Waals surface area contributed by atoms with E-state index in [4.69, 9.17) is 5.11 Å². The molecule has 0 aromatic heterocycles. The minimum absolute atomic E-state index is 0.145. The van der Waals surface area contributed by atoms with Gasteiger partial charge in [0.25, 0.3) is 5.69 Å². The van der Waals surface area contributed by atoms with Crippen LogP contribution in [0.1, 0.15) is 17.3 Å². The number of halogens is 1. The maximum Gasteiger partial charge on any atom is 0.338 e. The molecule has 0 fully saturated rings. The number of hydrogen-bond donors (Lipinski definition) is 2. The van der Waals surface area contributed by atoms with Crippen LogP contribution in [0, 0.1) is 15.9 Å². The molecule has 0 unspecified atom stereocenters. The summed E-state index contributed by atoms with van der Waals surface area (Å²) in [5, 5.41) is 22.2. The zero-order chi connectivity index (χ0) is 16.2. The standard InChI is InChI=1S/C12H14FN3O5/c1-3-15(6-11(17)14-2)9-5-8(13)7(12(18)19)4-10(9)16(20)21/h4-5H,3,6H2,1-2H3,(H,14,17)(H,18,19). The molecule has 0 saturated carbocycles. The number of carbonyl (C=O) groups is 2. The average molecular weight is 299 g/mol. The number of carbonyl (C=O) groups excluding carboxylic acids is 1. The fourth-order valence-corrected chi connectivity index (χ4v) is 1.73. The Morgan fingerprint density at radius 2 is 2.10 bits per heavy atom. The number of carboxylic acid groups (broad SMARTS) is 1. The lowest BCUT2D eigenvalue weighted by Crippen LogP contribution is -2.36. The van der Waals surface area contributed by atoms with Gasteiger partial charge in [0.05, 0.1) is 11.5 Å². The number of anilines is 1. The zero-order valence-corrected chi connectivity index (χ0v) is 11.4. The number of amides is 1. The molecule has 1 aromatic carbocycles. The van der Waals surface area contributed by atoms with Crippen LogP contribution in [0.3, 0.4) is 0 Å². The minimum atomic E-state index is -1.60. The number of nitrogens with zero attached hydrogens (tertiary/aromatic N) is 2. The molecule has 0 bridgehead atoms. The maximum absolute atomic E-state index is 13.7. The van der Waals surface area contributed by atoms with E-state index in [1.807, 2.05) is 0 Å². The first-order valence-electron chi connectivity index (χ1n) is 5.98. The van der Waals surface area contributed by atoms with Crippen molar-refractivity contribution >= 4 is 23.3 Å². The summed E-state index contributed by atoms with van der Waals surface area (Å²) in [6.07, 6.45) is 0. The molecule has 2 N–H and O–H groups in total. The van der Waals surface area contributed by atoms with Crippen LogP contribution in [0.25, 0.3) is 0 Å². The van der Waals surface area contributed by atoms with Gasteiger partial charge in [0.2, 0.25) is 5.91 Å². The van der Waals surface area contributed by atoms with E-state index in [-0.39, 0.29) is 18.8 Å². The van der Waals surface area contributed by atoms with Crippen molar-refractivity contribution in [3.63, 3.8) is 0 Å². The summed E-state index contributed by atoms with van der Waals surface area (Å²) in [4.78, 5) is 33.7. The highest BCUT2D eigenvalue weighted by Gasteiger charge is 2.25. The lowest BCUT2D eigenvalue weighted by molar-refractivity contribution is -0.384. The van der Waals surface area contributed by atoms with Crippen LogP contribution in [0.15, 0.2) is 12.1 Å². The second-order valence-electron chi connectivity index (χ2n) is 4.07. The van der Waals surface area contributed by atoms with Gasteiger partial charge < -0.3 is 15.3 Å². The van der Waals surface area contributed by atoms with Crippen LogP contribution in [0.5, 0.6) is 0 Å². The van der Waals surface area contributed by atoms with Gasteiger partial charge in [0.15, 0.2) is 0 Å². The quantitative estimate of drug-likeness (QED) is 0.598. The number of aromatic carboxylic acids is 1. The summed E-state index contributed by atoms with van der Waals surface area (Å²) < 4.78 is 13.7. The van der Waals surface area contributed by atoms with Crippen molar-refractivity contribution in [3.05, 3.63) is 33.6 Å². The van der Waals surface area contributed by atoms with Crippen molar-refractivity contribution in [1.82, 2.24) is 5.32 Å². The molecule has 0 spiro atoms. The highest BCUT2D eigenvalue weighted by Crippen LogP contribution is 2.31. The number of nitro groups is 1. The van der Waals surface area contributed by atoms with Crippen molar-refractivity contribution in [2.45, 2.75) is 6.92 Å². The van der Waals surface area contributed by atoms with Crippen LogP contribution >= 0.6 is 0 Å². The molecule has 0 atom stereocenters. The summed E-state index contributed by atoms with van der Waals surface area (Å²) in [5.74, 6) is -3.11. The molecule has 1 amide bonds. The Labute approximate surface area is 119 Å². The smallest absolute Gasteiger partial charge is 0.338 e. The van der Waals surface area contributed by atoms with Crippen LogP contribution in [0.2, 0.25) is 0 Å². The highest BCUT2D eigenvalue weighted by atomic mass is 19.1. The second kappa shape index (κ2) is 6.64. The molecule has 0 aliphatic rings. The average Bonchev–Trinajstić information content (AvgIpc) is 2.43. The van der Waals surface area contributed by atoms with Crippen molar-refractivity contribution < 1.29 is 24.0 Å². The number of nitrogens with one attached hydrogen (secondary N) is 1. The molecular formula is C12H14FN3O5. The summed E-state index contributed by atoms with van der Waals surface area (Å²) in [6, 6.07) is 1.41. The van der Waals surface area contributed by atoms with Gasteiger partial charge in [-0.3, -0.25) is 14.9 Å². The first-order chi connectivity index (χ1) is 9.81. The van der Waals surface area contributed by atoms with Crippen molar-refractivity contribution in [2.75, 3.05) is 25.0 Å². The number of rotatable bonds is 6.